The fourth-order valence-electron chi connectivity index (χ4n) is 2.29. The Morgan fingerprint density at radius 3 is 2.54 bits per heavy atom. The molecule has 5 nitrogen and oxygen atoms in total. The molecule has 0 aliphatic carbocycles. The highest BCUT2D eigenvalue weighted by Gasteiger charge is 2.30. The molecule has 2 amide bonds. The van der Waals surface area contributed by atoms with Gasteiger partial charge in [0.1, 0.15) is 11.4 Å². The predicted molar refractivity (Wildman–Crippen MR) is 99.2 cm³/mol. The van der Waals surface area contributed by atoms with E-state index in [1.165, 1.54) is 19.1 Å². The summed E-state index contributed by atoms with van der Waals surface area (Å²) >= 11 is 0. The number of carbonyl (C=O) groups is 2. The second-order valence-electron chi connectivity index (χ2n) is 6.10. The van der Waals surface area contributed by atoms with E-state index in [4.69, 9.17) is 0 Å². The number of hydrogen-bond donors (Lipinski definition) is 3. The van der Waals surface area contributed by atoms with E-state index < -0.39 is 23.2 Å². The van der Waals surface area contributed by atoms with E-state index in [1.807, 2.05) is 30.3 Å². The highest BCUT2D eigenvalue weighted by atomic mass is 19.1. The first kappa shape index (κ1) is 19.3. The van der Waals surface area contributed by atoms with Crippen LogP contribution in [0.15, 0.2) is 61.2 Å². The van der Waals surface area contributed by atoms with Crippen molar-refractivity contribution in [1.29, 1.82) is 0 Å². The first-order chi connectivity index (χ1) is 12.3. The van der Waals surface area contributed by atoms with Crippen molar-refractivity contribution in [2.75, 3.05) is 10.6 Å². The lowest BCUT2D eigenvalue weighted by Crippen LogP contribution is -2.40. The zero-order valence-corrected chi connectivity index (χ0v) is 14.5. The third kappa shape index (κ3) is 5.26. The van der Waals surface area contributed by atoms with Gasteiger partial charge in [0.25, 0.3) is 5.91 Å². The molecule has 0 saturated heterocycles. The van der Waals surface area contributed by atoms with Crippen molar-refractivity contribution in [2.45, 2.75) is 25.4 Å². The Kier molecular flexibility index (Phi) is 6.25. The summed E-state index contributed by atoms with van der Waals surface area (Å²) in [5, 5.41) is 15.3. The molecule has 0 heterocycles. The number of aryl methyl sites for hydroxylation is 1. The minimum absolute atomic E-state index is 0.0865. The number of amides is 2. The number of benzene rings is 2. The largest absolute Gasteiger partial charge is 0.380 e. The molecule has 0 aromatic heterocycles. The van der Waals surface area contributed by atoms with Crippen molar-refractivity contribution < 1.29 is 19.1 Å². The smallest absolute Gasteiger partial charge is 0.256 e. The molecule has 0 aliphatic rings. The molecule has 2 aromatic carbocycles. The summed E-state index contributed by atoms with van der Waals surface area (Å²) in [5.41, 5.74) is -0.418. The molecule has 0 aliphatic heterocycles. The van der Waals surface area contributed by atoms with Crippen LogP contribution in [-0.4, -0.2) is 22.5 Å². The first-order valence-corrected chi connectivity index (χ1v) is 8.12. The zero-order chi connectivity index (χ0) is 19.2. The van der Waals surface area contributed by atoms with Crippen LogP contribution in [0.4, 0.5) is 15.8 Å². The summed E-state index contributed by atoms with van der Waals surface area (Å²) in [5.74, 6) is -1.82. The van der Waals surface area contributed by atoms with Crippen molar-refractivity contribution in [3.8, 4) is 0 Å². The molecule has 136 valence electrons. The molecular weight excluding hydrogens is 335 g/mol. The Morgan fingerprint density at radius 2 is 1.88 bits per heavy atom. The molecular formula is C20H21FN2O3. The molecule has 0 saturated carbocycles. The van der Waals surface area contributed by atoms with Crippen LogP contribution in [0.3, 0.4) is 0 Å². The van der Waals surface area contributed by atoms with Gasteiger partial charge in [0.05, 0.1) is 5.69 Å². The summed E-state index contributed by atoms with van der Waals surface area (Å²) < 4.78 is 13.7. The maximum atomic E-state index is 13.7. The van der Waals surface area contributed by atoms with Crippen molar-refractivity contribution >= 4 is 23.2 Å². The number of anilines is 2. The van der Waals surface area contributed by atoms with Crippen molar-refractivity contribution in [1.82, 2.24) is 0 Å². The minimum atomic E-state index is -1.60. The van der Waals surface area contributed by atoms with Crippen molar-refractivity contribution in [3.05, 3.63) is 72.6 Å². The molecule has 0 radical (unpaired) electrons. The highest BCUT2D eigenvalue weighted by molar-refractivity contribution is 6.00. The number of aliphatic hydroxyl groups is 1. The van der Waals surface area contributed by atoms with Crippen LogP contribution < -0.4 is 10.6 Å². The molecule has 3 N–H and O–H groups in total. The Labute approximate surface area is 151 Å². The molecule has 1 atom stereocenters. The van der Waals surface area contributed by atoms with E-state index >= 15 is 0 Å². The Morgan fingerprint density at radius 1 is 1.19 bits per heavy atom. The maximum Gasteiger partial charge on any atom is 0.256 e. The predicted octanol–water partition coefficient (Wildman–Crippen LogP) is 3.27. The van der Waals surface area contributed by atoms with E-state index in [1.54, 1.807) is 0 Å². The van der Waals surface area contributed by atoms with Gasteiger partial charge in [-0.05, 0) is 49.6 Å². The lowest BCUT2D eigenvalue weighted by atomic mass is 9.96. The monoisotopic (exact) mass is 356 g/mol. The van der Waals surface area contributed by atoms with Gasteiger partial charge in [0.15, 0.2) is 0 Å². The number of carbonyl (C=O) groups excluding carboxylic acids is 2. The quantitative estimate of drug-likeness (QED) is 0.666. The van der Waals surface area contributed by atoms with Crippen LogP contribution in [0.5, 0.6) is 0 Å². The van der Waals surface area contributed by atoms with Crippen LogP contribution in [0.1, 0.15) is 18.9 Å². The van der Waals surface area contributed by atoms with Gasteiger partial charge in [-0.2, -0.15) is 0 Å². The van der Waals surface area contributed by atoms with Gasteiger partial charge >= 0.3 is 0 Å². The van der Waals surface area contributed by atoms with E-state index in [9.17, 15) is 19.1 Å². The van der Waals surface area contributed by atoms with Gasteiger partial charge in [0, 0.05) is 5.69 Å². The second-order valence-corrected chi connectivity index (χ2v) is 6.10. The van der Waals surface area contributed by atoms with E-state index in [-0.39, 0.29) is 17.8 Å². The standard InChI is InChI=1S/C20H21FN2O3/c1-3-18(24)23-17-13-15(9-10-16(17)21)22-19(25)20(2,26)12-11-14-7-5-4-6-8-14/h3-10,13,26H,1,11-12H2,2H3,(H,22,25)(H,23,24). The Hall–Kier alpha value is -2.99. The highest BCUT2D eigenvalue weighted by Crippen LogP contribution is 2.22. The van der Waals surface area contributed by atoms with Crippen LogP contribution in [-0.2, 0) is 16.0 Å². The molecule has 1 unspecified atom stereocenters. The lowest BCUT2D eigenvalue weighted by Gasteiger charge is -2.22. The van der Waals surface area contributed by atoms with Crippen molar-refractivity contribution in [2.24, 2.45) is 0 Å². The van der Waals surface area contributed by atoms with Crippen LogP contribution in [0.25, 0.3) is 0 Å². The third-order valence-electron chi connectivity index (χ3n) is 3.90. The molecule has 2 aromatic rings. The van der Waals surface area contributed by atoms with Crippen LogP contribution in [0, 0.1) is 5.82 Å². The molecule has 0 bridgehead atoms. The van der Waals surface area contributed by atoms with Gasteiger partial charge in [-0.1, -0.05) is 36.9 Å². The third-order valence-corrected chi connectivity index (χ3v) is 3.90. The number of rotatable bonds is 7. The van der Waals surface area contributed by atoms with Crippen LogP contribution in [0.2, 0.25) is 0 Å². The van der Waals surface area contributed by atoms with E-state index in [0.717, 1.165) is 17.7 Å². The van der Waals surface area contributed by atoms with Gasteiger partial charge < -0.3 is 15.7 Å². The van der Waals surface area contributed by atoms with Gasteiger partial charge in [-0.25, -0.2) is 4.39 Å². The molecule has 2 rings (SSSR count). The van der Waals surface area contributed by atoms with Gasteiger partial charge in [0.2, 0.25) is 5.91 Å². The molecule has 0 fully saturated rings. The molecule has 0 spiro atoms. The Balaban J connectivity index is 2.04. The number of hydrogen-bond acceptors (Lipinski definition) is 3. The summed E-state index contributed by atoms with van der Waals surface area (Å²) in [6, 6.07) is 13.3. The zero-order valence-electron chi connectivity index (χ0n) is 14.5. The lowest BCUT2D eigenvalue weighted by molar-refractivity contribution is -0.132. The normalized spacial score (nSPS) is 12.7. The number of nitrogens with one attached hydrogen (secondary N) is 2. The fraction of sp³-hybridized carbons (Fsp3) is 0.200. The molecule has 6 heteroatoms. The van der Waals surface area contributed by atoms with Gasteiger partial charge in [-0.15, -0.1) is 0 Å². The summed E-state index contributed by atoms with van der Waals surface area (Å²) in [4.78, 5) is 23.7. The summed E-state index contributed by atoms with van der Waals surface area (Å²) in [6.45, 7) is 4.72. The minimum Gasteiger partial charge on any atom is -0.380 e. The maximum absolute atomic E-state index is 13.7. The molecule has 26 heavy (non-hydrogen) atoms. The fourth-order valence-corrected chi connectivity index (χ4v) is 2.29. The van der Waals surface area contributed by atoms with Gasteiger partial charge in [-0.3, -0.25) is 9.59 Å². The van der Waals surface area contributed by atoms with Crippen LogP contribution >= 0.6 is 0 Å². The van der Waals surface area contributed by atoms with Crippen molar-refractivity contribution in [3.63, 3.8) is 0 Å². The second kappa shape index (κ2) is 8.40. The topological polar surface area (TPSA) is 78.4 Å². The van der Waals surface area contributed by atoms with E-state index in [2.05, 4.69) is 17.2 Å². The Bertz CT molecular complexity index is 804. The first-order valence-electron chi connectivity index (χ1n) is 8.12. The average Bonchev–Trinajstić information content (AvgIpc) is 2.63. The summed E-state index contributed by atoms with van der Waals surface area (Å²) in [7, 11) is 0. The average molecular weight is 356 g/mol. The number of halogens is 1. The SMILES string of the molecule is C=CC(=O)Nc1cc(NC(=O)C(C)(O)CCc2ccccc2)ccc1F. The summed E-state index contributed by atoms with van der Waals surface area (Å²) in [6.07, 6.45) is 1.77. The van der Waals surface area contributed by atoms with E-state index in [0.29, 0.717) is 6.42 Å².